The van der Waals surface area contributed by atoms with E-state index in [1.165, 1.54) is 5.56 Å². The first-order valence-electron chi connectivity index (χ1n) is 8.95. The molecule has 1 aliphatic heterocycles. The van der Waals surface area contributed by atoms with Crippen molar-refractivity contribution in [3.63, 3.8) is 0 Å². The molecule has 1 saturated carbocycles. The van der Waals surface area contributed by atoms with Gasteiger partial charge in [0.05, 0.1) is 13.2 Å². The third-order valence-electron chi connectivity index (χ3n) is 5.16. The molecule has 1 unspecified atom stereocenters. The highest BCUT2D eigenvalue weighted by Crippen LogP contribution is 2.48. The third kappa shape index (κ3) is 5.06. The fourth-order valence-electron chi connectivity index (χ4n) is 3.54. The second-order valence-corrected chi connectivity index (χ2v) is 7.01. The molecule has 2 aliphatic rings. The lowest BCUT2D eigenvalue weighted by atomic mass is 9.96. The van der Waals surface area contributed by atoms with Crippen molar-refractivity contribution in [1.29, 1.82) is 0 Å². The molecule has 6 heteroatoms. The van der Waals surface area contributed by atoms with Gasteiger partial charge in [-0.15, -0.1) is 24.0 Å². The molecule has 3 rings (SSSR count). The molecular weight excluding hydrogens is 432 g/mol. The van der Waals surface area contributed by atoms with Crippen LogP contribution in [0.3, 0.4) is 0 Å². The summed E-state index contributed by atoms with van der Waals surface area (Å²) in [4.78, 5) is 7.26. The van der Waals surface area contributed by atoms with E-state index in [4.69, 9.17) is 9.73 Å². The lowest BCUT2D eigenvalue weighted by molar-refractivity contribution is 0.157. The van der Waals surface area contributed by atoms with E-state index in [0.717, 1.165) is 58.0 Å². The van der Waals surface area contributed by atoms with Crippen LogP contribution in [0.15, 0.2) is 29.3 Å². The summed E-state index contributed by atoms with van der Waals surface area (Å²) in [6.07, 6.45) is 3.42. The van der Waals surface area contributed by atoms with Gasteiger partial charge in [-0.1, -0.05) is 12.1 Å². The van der Waals surface area contributed by atoms with E-state index < -0.39 is 0 Å². The number of hydrogen-bond donors (Lipinski definition) is 1. The Morgan fingerprint density at radius 2 is 2.08 bits per heavy atom. The Morgan fingerprint density at radius 3 is 2.68 bits per heavy atom. The van der Waals surface area contributed by atoms with Gasteiger partial charge in [0.1, 0.15) is 5.82 Å². The van der Waals surface area contributed by atoms with E-state index in [2.05, 4.69) is 17.1 Å². The highest BCUT2D eigenvalue weighted by atomic mass is 127. The largest absolute Gasteiger partial charge is 0.384 e. The number of guanidine groups is 1. The smallest absolute Gasteiger partial charge is 0.193 e. The first kappa shape index (κ1) is 20.4. The number of nitrogens with zero attached hydrogens (tertiary/aromatic N) is 2. The molecule has 0 spiro atoms. The Hall–Kier alpha value is -0.890. The summed E-state index contributed by atoms with van der Waals surface area (Å²) in [5.41, 5.74) is 1.32. The molecule has 1 heterocycles. The fourth-order valence-corrected chi connectivity index (χ4v) is 3.54. The number of likely N-dealkylation sites (tertiary alicyclic amines) is 1. The topological polar surface area (TPSA) is 36.9 Å². The maximum atomic E-state index is 13.2. The fraction of sp³-hybridized carbons (Fsp3) is 0.632. The average molecular weight is 461 g/mol. The normalized spacial score (nSPS) is 21.8. The Morgan fingerprint density at radius 1 is 1.36 bits per heavy atom. The molecule has 1 aromatic rings. The van der Waals surface area contributed by atoms with E-state index in [1.54, 1.807) is 19.2 Å². The summed E-state index contributed by atoms with van der Waals surface area (Å²) >= 11 is 0. The van der Waals surface area contributed by atoms with Crippen LogP contribution in [0, 0.1) is 11.7 Å². The molecule has 0 bridgehead atoms. The summed E-state index contributed by atoms with van der Waals surface area (Å²) < 4.78 is 18.4. The first-order chi connectivity index (χ1) is 11.7. The lowest BCUT2D eigenvalue weighted by Gasteiger charge is -2.23. The standard InChI is InChI=1S/C19H28FN3O.HI/c1-3-21-18(23-11-8-15(12-23)13-24-2)22-14-19(9-10-19)16-4-6-17(20)7-5-16;/h4-7,15H,3,8-14H2,1-2H3,(H,21,22);1H. The highest BCUT2D eigenvalue weighted by molar-refractivity contribution is 14.0. The molecule has 1 atom stereocenters. The molecule has 0 radical (unpaired) electrons. The summed E-state index contributed by atoms with van der Waals surface area (Å²) in [6, 6.07) is 6.94. The van der Waals surface area contributed by atoms with Crippen molar-refractivity contribution >= 4 is 29.9 Å². The maximum Gasteiger partial charge on any atom is 0.193 e. The second-order valence-electron chi connectivity index (χ2n) is 7.01. The minimum absolute atomic E-state index is 0. The highest BCUT2D eigenvalue weighted by Gasteiger charge is 2.44. The number of benzene rings is 1. The number of nitrogens with one attached hydrogen (secondary N) is 1. The van der Waals surface area contributed by atoms with Crippen LogP contribution >= 0.6 is 24.0 Å². The van der Waals surface area contributed by atoms with Gasteiger partial charge in [-0.25, -0.2) is 4.39 Å². The van der Waals surface area contributed by atoms with Gasteiger partial charge < -0.3 is 15.0 Å². The van der Waals surface area contributed by atoms with Gasteiger partial charge in [0, 0.05) is 38.1 Å². The molecular formula is C19H29FIN3O. The molecule has 1 aliphatic carbocycles. The summed E-state index contributed by atoms with van der Waals surface area (Å²) in [6.45, 7) is 6.59. The Kier molecular flexibility index (Phi) is 7.49. The molecule has 1 aromatic carbocycles. The average Bonchev–Trinajstić information content (AvgIpc) is 3.23. The van der Waals surface area contributed by atoms with Crippen LogP contribution in [0.1, 0.15) is 31.7 Å². The summed E-state index contributed by atoms with van der Waals surface area (Å²) in [5.74, 6) is 1.42. The van der Waals surface area contributed by atoms with Crippen molar-refractivity contribution in [2.24, 2.45) is 10.9 Å². The van der Waals surface area contributed by atoms with Crippen molar-refractivity contribution in [1.82, 2.24) is 10.2 Å². The van der Waals surface area contributed by atoms with Gasteiger partial charge in [0.2, 0.25) is 0 Å². The van der Waals surface area contributed by atoms with Crippen LogP contribution < -0.4 is 5.32 Å². The molecule has 4 nitrogen and oxygen atoms in total. The molecule has 2 fully saturated rings. The Balaban J connectivity index is 0.00000225. The van der Waals surface area contributed by atoms with E-state index in [0.29, 0.717) is 5.92 Å². The van der Waals surface area contributed by atoms with Crippen molar-refractivity contribution in [3.8, 4) is 0 Å². The van der Waals surface area contributed by atoms with Crippen LogP contribution in [0.2, 0.25) is 0 Å². The van der Waals surface area contributed by atoms with Crippen molar-refractivity contribution in [3.05, 3.63) is 35.6 Å². The number of aliphatic imine (C=N–C) groups is 1. The maximum absolute atomic E-state index is 13.2. The third-order valence-corrected chi connectivity index (χ3v) is 5.16. The quantitative estimate of drug-likeness (QED) is 0.401. The predicted molar refractivity (Wildman–Crippen MR) is 110 cm³/mol. The van der Waals surface area contributed by atoms with Crippen molar-refractivity contribution < 1.29 is 9.13 Å². The van der Waals surface area contributed by atoms with Gasteiger partial charge in [-0.2, -0.15) is 0 Å². The van der Waals surface area contributed by atoms with Crippen LogP contribution in [-0.4, -0.2) is 50.8 Å². The van der Waals surface area contributed by atoms with Crippen LogP contribution in [0.5, 0.6) is 0 Å². The monoisotopic (exact) mass is 461 g/mol. The minimum atomic E-state index is -0.173. The minimum Gasteiger partial charge on any atom is -0.384 e. The number of ether oxygens (including phenoxy) is 1. The molecule has 0 aromatic heterocycles. The predicted octanol–water partition coefficient (Wildman–Crippen LogP) is 3.41. The van der Waals surface area contributed by atoms with Gasteiger partial charge in [0.15, 0.2) is 5.96 Å². The SMILES string of the molecule is CCNC(=NCC1(c2ccc(F)cc2)CC1)N1CCC(COC)C1.I. The van der Waals surface area contributed by atoms with E-state index >= 15 is 0 Å². The van der Waals surface area contributed by atoms with E-state index in [1.807, 2.05) is 12.1 Å². The van der Waals surface area contributed by atoms with Crippen molar-refractivity contribution in [2.45, 2.75) is 31.6 Å². The van der Waals surface area contributed by atoms with Crippen LogP contribution in [0.25, 0.3) is 0 Å². The zero-order valence-corrected chi connectivity index (χ0v) is 17.5. The van der Waals surface area contributed by atoms with Gasteiger partial charge in [-0.05, 0) is 43.9 Å². The Bertz CT molecular complexity index is 575. The summed E-state index contributed by atoms with van der Waals surface area (Å²) in [7, 11) is 1.77. The summed E-state index contributed by atoms with van der Waals surface area (Å²) in [5, 5.41) is 3.42. The van der Waals surface area contributed by atoms with Crippen molar-refractivity contribution in [2.75, 3.05) is 39.9 Å². The van der Waals surface area contributed by atoms with Crippen LogP contribution in [-0.2, 0) is 10.2 Å². The lowest BCUT2D eigenvalue weighted by Crippen LogP contribution is -2.40. The zero-order valence-electron chi connectivity index (χ0n) is 15.1. The Labute approximate surface area is 167 Å². The van der Waals surface area contributed by atoms with Crippen LogP contribution in [0.4, 0.5) is 4.39 Å². The van der Waals surface area contributed by atoms with E-state index in [-0.39, 0.29) is 35.2 Å². The number of rotatable bonds is 6. The molecule has 1 N–H and O–H groups in total. The molecule has 140 valence electrons. The number of methoxy groups -OCH3 is 1. The second kappa shape index (κ2) is 9.16. The molecule has 1 saturated heterocycles. The molecule has 0 amide bonds. The molecule has 25 heavy (non-hydrogen) atoms. The first-order valence-corrected chi connectivity index (χ1v) is 8.95. The van der Waals surface area contributed by atoms with Gasteiger partial charge in [0.25, 0.3) is 0 Å². The number of halogens is 2. The number of hydrogen-bond acceptors (Lipinski definition) is 2. The van der Waals surface area contributed by atoms with Gasteiger partial charge in [-0.3, -0.25) is 4.99 Å². The van der Waals surface area contributed by atoms with Gasteiger partial charge >= 0.3 is 0 Å². The van der Waals surface area contributed by atoms with E-state index in [9.17, 15) is 4.39 Å². The zero-order chi connectivity index (χ0) is 17.0.